The number of hydrogen-bond donors (Lipinski definition) is 0. The van der Waals surface area contributed by atoms with E-state index in [0.29, 0.717) is 6.61 Å². The van der Waals surface area contributed by atoms with Gasteiger partial charge >= 0.3 is 0 Å². The van der Waals surface area contributed by atoms with Gasteiger partial charge in [-0.1, -0.05) is 49.6 Å². The molecule has 1 fully saturated rings. The summed E-state index contributed by atoms with van der Waals surface area (Å²) in [6.07, 6.45) is 8.19. The fourth-order valence-corrected chi connectivity index (χ4v) is 4.29. The second kappa shape index (κ2) is 7.16. The summed E-state index contributed by atoms with van der Waals surface area (Å²) in [5, 5.41) is 0. The van der Waals surface area contributed by atoms with Crippen LogP contribution in [0.4, 0.5) is 0 Å². The molecule has 3 nitrogen and oxygen atoms in total. The molecule has 0 unspecified atom stereocenters. The molecule has 1 aliphatic heterocycles. The maximum atomic E-state index is 6.53. The molecule has 1 spiro atoms. The molecule has 1 aliphatic carbocycles. The fraction of sp³-hybridized carbons (Fsp3) is 0.391. The van der Waals surface area contributed by atoms with Crippen LogP contribution in [0.5, 0.6) is 11.5 Å². The van der Waals surface area contributed by atoms with E-state index in [0.717, 1.165) is 24.3 Å². The van der Waals surface area contributed by atoms with Crippen molar-refractivity contribution in [2.24, 2.45) is 0 Å². The average molecular weight is 350 g/mol. The Hall–Kier alpha value is -2.26. The predicted molar refractivity (Wildman–Crippen MR) is 104 cm³/mol. The topological polar surface area (TPSA) is 27.7 Å². The highest BCUT2D eigenvalue weighted by molar-refractivity contribution is 5.89. The summed E-state index contributed by atoms with van der Waals surface area (Å²) in [7, 11) is 3.37. The van der Waals surface area contributed by atoms with Gasteiger partial charge in [-0.05, 0) is 53.3 Å². The normalized spacial score (nSPS) is 20.0. The molecular formula is C23H26O3. The third kappa shape index (κ3) is 3.01. The van der Waals surface area contributed by atoms with Crippen molar-refractivity contribution in [3.8, 4) is 11.5 Å². The van der Waals surface area contributed by atoms with Gasteiger partial charge in [-0.3, -0.25) is 0 Å². The third-order valence-electron chi connectivity index (χ3n) is 5.67. The van der Waals surface area contributed by atoms with Crippen LogP contribution in [0.15, 0.2) is 42.5 Å². The highest BCUT2D eigenvalue weighted by Gasteiger charge is 2.41. The quantitative estimate of drug-likeness (QED) is 0.734. The smallest absolute Gasteiger partial charge is 0.161 e. The van der Waals surface area contributed by atoms with E-state index in [1.54, 1.807) is 14.2 Å². The molecule has 2 aromatic rings. The Kier molecular flexibility index (Phi) is 4.73. The fourth-order valence-electron chi connectivity index (χ4n) is 4.29. The molecule has 0 atom stereocenters. The van der Waals surface area contributed by atoms with Gasteiger partial charge in [-0.2, -0.15) is 0 Å². The van der Waals surface area contributed by atoms with Crippen molar-refractivity contribution in [1.29, 1.82) is 0 Å². The average Bonchev–Trinajstić information content (AvgIpc) is 2.71. The van der Waals surface area contributed by atoms with Crippen molar-refractivity contribution < 1.29 is 14.2 Å². The zero-order chi connectivity index (χ0) is 18.0. The maximum absolute atomic E-state index is 6.53. The molecule has 0 saturated heterocycles. The summed E-state index contributed by atoms with van der Waals surface area (Å²) in [5.74, 6) is 1.53. The van der Waals surface area contributed by atoms with E-state index < -0.39 is 0 Å². The van der Waals surface area contributed by atoms with Crippen molar-refractivity contribution in [2.45, 2.75) is 44.3 Å². The molecule has 0 radical (unpaired) electrons. The number of methoxy groups -OCH3 is 2. The van der Waals surface area contributed by atoms with Crippen LogP contribution >= 0.6 is 0 Å². The van der Waals surface area contributed by atoms with E-state index in [1.807, 2.05) is 0 Å². The zero-order valence-corrected chi connectivity index (χ0v) is 15.6. The Labute approximate surface area is 155 Å². The molecular weight excluding hydrogens is 324 g/mol. The van der Waals surface area contributed by atoms with Gasteiger partial charge < -0.3 is 14.2 Å². The van der Waals surface area contributed by atoms with E-state index in [4.69, 9.17) is 14.2 Å². The number of hydrogen-bond acceptors (Lipinski definition) is 3. The lowest BCUT2D eigenvalue weighted by molar-refractivity contribution is -0.0420. The van der Waals surface area contributed by atoms with Crippen molar-refractivity contribution >= 4 is 11.6 Å². The second-order valence-electron chi connectivity index (χ2n) is 7.18. The Morgan fingerprint density at radius 2 is 1.62 bits per heavy atom. The first kappa shape index (κ1) is 17.2. The van der Waals surface area contributed by atoms with Crippen LogP contribution in [-0.2, 0) is 11.3 Å². The minimum absolute atomic E-state index is 0.180. The van der Waals surface area contributed by atoms with Crippen molar-refractivity contribution in [2.75, 3.05) is 14.2 Å². The first-order valence-corrected chi connectivity index (χ1v) is 9.42. The molecule has 1 saturated carbocycles. The lowest BCUT2D eigenvalue weighted by Gasteiger charge is -2.43. The van der Waals surface area contributed by atoms with Gasteiger partial charge in [0.2, 0.25) is 0 Å². The van der Waals surface area contributed by atoms with E-state index >= 15 is 0 Å². The van der Waals surface area contributed by atoms with Crippen LogP contribution in [0.1, 0.15) is 48.8 Å². The molecule has 136 valence electrons. The van der Waals surface area contributed by atoms with Crippen LogP contribution in [0.3, 0.4) is 0 Å². The standard InChI is InChI=1S/C23H26O3/c1-24-21-14-18-16-26-23(11-7-4-8-12-23)20(19(18)15-22(21)25-2)13-17-9-5-3-6-10-17/h3,5-6,9-10,13-15H,4,7-8,11-12,16H2,1-2H3/b20-13-. The molecule has 0 amide bonds. The summed E-state index contributed by atoms with van der Waals surface area (Å²) >= 11 is 0. The van der Waals surface area contributed by atoms with E-state index in [9.17, 15) is 0 Å². The van der Waals surface area contributed by atoms with Crippen LogP contribution in [0, 0.1) is 0 Å². The van der Waals surface area contributed by atoms with Crippen molar-refractivity contribution in [1.82, 2.24) is 0 Å². The molecule has 1 heterocycles. The first-order chi connectivity index (χ1) is 12.8. The molecule has 0 N–H and O–H groups in total. The Bertz CT molecular complexity index is 802. The largest absolute Gasteiger partial charge is 0.493 e. The Morgan fingerprint density at radius 1 is 0.923 bits per heavy atom. The summed E-state index contributed by atoms with van der Waals surface area (Å²) in [4.78, 5) is 0. The molecule has 2 aromatic carbocycles. The maximum Gasteiger partial charge on any atom is 0.161 e. The van der Waals surface area contributed by atoms with Gasteiger partial charge in [0.05, 0.1) is 26.4 Å². The van der Waals surface area contributed by atoms with Gasteiger partial charge in [0.15, 0.2) is 11.5 Å². The highest BCUT2D eigenvalue weighted by atomic mass is 16.5. The monoisotopic (exact) mass is 350 g/mol. The van der Waals surface area contributed by atoms with Crippen LogP contribution in [-0.4, -0.2) is 19.8 Å². The SMILES string of the molecule is COc1cc2c(cc1OC)/C(=C/c1ccccc1)C1(CCCCC1)OC2. The summed E-state index contributed by atoms with van der Waals surface area (Å²) in [6, 6.07) is 14.7. The molecule has 26 heavy (non-hydrogen) atoms. The van der Waals surface area contributed by atoms with Gasteiger partial charge in [-0.25, -0.2) is 0 Å². The lowest BCUT2D eigenvalue weighted by atomic mass is 9.73. The van der Waals surface area contributed by atoms with Gasteiger partial charge in [0.1, 0.15) is 0 Å². The summed E-state index contributed by atoms with van der Waals surface area (Å²) < 4.78 is 17.6. The third-order valence-corrected chi connectivity index (χ3v) is 5.67. The predicted octanol–water partition coefficient (Wildman–Crippen LogP) is 5.48. The summed E-state index contributed by atoms with van der Waals surface area (Å²) in [5.41, 5.74) is 4.71. The van der Waals surface area contributed by atoms with Gasteiger partial charge in [0.25, 0.3) is 0 Å². The number of ether oxygens (including phenoxy) is 3. The molecule has 4 rings (SSSR count). The van der Waals surface area contributed by atoms with E-state index in [2.05, 4.69) is 48.5 Å². The van der Waals surface area contributed by atoms with E-state index in [1.165, 1.54) is 41.5 Å². The van der Waals surface area contributed by atoms with E-state index in [-0.39, 0.29) is 5.60 Å². The highest BCUT2D eigenvalue weighted by Crippen LogP contribution is 2.49. The minimum Gasteiger partial charge on any atom is -0.493 e. The van der Waals surface area contributed by atoms with Crippen molar-refractivity contribution in [3.63, 3.8) is 0 Å². The zero-order valence-electron chi connectivity index (χ0n) is 15.6. The first-order valence-electron chi connectivity index (χ1n) is 9.42. The minimum atomic E-state index is -0.180. The second-order valence-corrected chi connectivity index (χ2v) is 7.18. The van der Waals surface area contributed by atoms with Gasteiger partial charge in [0, 0.05) is 0 Å². The summed E-state index contributed by atoms with van der Waals surface area (Å²) in [6.45, 7) is 0.627. The number of benzene rings is 2. The van der Waals surface area contributed by atoms with Crippen LogP contribution in [0.2, 0.25) is 0 Å². The van der Waals surface area contributed by atoms with Crippen LogP contribution < -0.4 is 9.47 Å². The Balaban J connectivity index is 1.89. The molecule has 0 bridgehead atoms. The lowest BCUT2D eigenvalue weighted by Crippen LogP contribution is -2.39. The molecule has 0 aromatic heterocycles. The number of fused-ring (bicyclic) bond motifs is 1. The van der Waals surface area contributed by atoms with Crippen molar-refractivity contribution in [3.05, 3.63) is 59.2 Å². The molecule has 3 heteroatoms. The van der Waals surface area contributed by atoms with Gasteiger partial charge in [-0.15, -0.1) is 0 Å². The Morgan fingerprint density at radius 3 is 2.31 bits per heavy atom. The van der Waals surface area contributed by atoms with Crippen LogP contribution in [0.25, 0.3) is 11.6 Å². The molecule has 2 aliphatic rings. The number of rotatable bonds is 3.